The van der Waals surface area contributed by atoms with Crippen molar-refractivity contribution in [1.82, 2.24) is 4.98 Å². The third-order valence-electron chi connectivity index (χ3n) is 6.07. The lowest BCUT2D eigenvalue weighted by Crippen LogP contribution is -2.44. The first-order chi connectivity index (χ1) is 15.1. The van der Waals surface area contributed by atoms with E-state index in [-0.39, 0.29) is 5.60 Å². The number of fused-ring (bicyclic) bond motifs is 1. The number of aromatic nitrogens is 1. The van der Waals surface area contributed by atoms with E-state index in [0.717, 1.165) is 52.3 Å². The van der Waals surface area contributed by atoms with E-state index >= 15 is 0 Å². The maximum Gasteiger partial charge on any atom is 0.220 e. The van der Waals surface area contributed by atoms with Crippen LogP contribution in [0.5, 0.6) is 5.88 Å². The van der Waals surface area contributed by atoms with Crippen molar-refractivity contribution in [3.63, 3.8) is 0 Å². The monoisotopic (exact) mass is 470 g/mol. The molecular formula is C24H20Cl2N2O2S. The Morgan fingerprint density at radius 2 is 1.77 bits per heavy atom. The number of thioether (sulfide) groups is 1. The normalized spacial score (nSPS) is 19.5. The van der Waals surface area contributed by atoms with E-state index in [4.69, 9.17) is 32.9 Å². The maximum atomic E-state index is 11.9. The molecule has 1 saturated heterocycles. The Morgan fingerprint density at radius 3 is 2.48 bits per heavy atom. The lowest BCUT2D eigenvalue weighted by molar-refractivity contribution is 0.0231. The van der Waals surface area contributed by atoms with Gasteiger partial charge in [0.2, 0.25) is 5.88 Å². The van der Waals surface area contributed by atoms with Gasteiger partial charge < -0.3 is 4.74 Å². The summed E-state index contributed by atoms with van der Waals surface area (Å²) in [6, 6.07) is 16.7. The molecule has 2 aliphatic rings. The summed E-state index contributed by atoms with van der Waals surface area (Å²) in [7, 11) is 0. The van der Waals surface area contributed by atoms with E-state index in [1.165, 1.54) is 0 Å². The summed E-state index contributed by atoms with van der Waals surface area (Å²) in [5.74, 6) is 2.53. The van der Waals surface area contributed by atoms with Gasteiger partial charge in [-0.1, -0.05) is 58.7 Å². The number of halogens is 2. The Balaban J connectivity index is 1.71. The van der Waals surface area contributed by atoms with Crippen LogP contribution in [-0.4, -0.2) is 22.1 Å². The van der Waals surface area contributed by atoms with Gasteiger partial charge in [-0.25, -0.2) is 4.98 Å². The van der Waals surface area contributed by atoms with Gasteiger partial charge in [0.05, 0.1) is 5.69 Å². The third-order valence-corrected chi connectivity index (χ3v) is 7.64. The summed E-state index contributed by atoms with van der Waals surface area (Å²) < 4.78 is 6.52. The first-order valence-corrected chi connectivity index (χ1v) is 12.1. The van der Waals surface area contributed by atoms with Gasteiger partial charge in [0.1, 0.15) is 11.6 Å². The highest BCUT2D eigenvalue weighted by molar-refractivity contribution is 7.99. The Hall–Kier alpha value is -2.08. The fourth-order valence-electron chi connectivity index (χ4n) is 4.39. The number of hydrogen-bond acceptors (Lipinski definition) is 5. The van der Waals surface area contributed by atoms with Crippen molar-refractivity contribution in [2.24, 2.45) is 5.18 Å². The van der Waals surface area contributed by atoms with Gasteiger partial charge in [-0.15, -0.1) is 0 Å². The number of pyridine rings is 1. The molecule has 7 heteroatoms. The molecule has 0 radical (unpaired) electrons. The molecular weight excluding hydrogens is 451 g/mol. The van der Waals surface area contributed by atoms with E-state index in [1.54, 1.807) is 0 Å². The number of nitrogens with zero attached hydrogens (tertiary/aromatic N) is 2. The first kappa shape index (κ1) is 20.8. The quantitative estimate of drug-likeness (QED) is 0.370. The molecule has 158 valence electrons. The molecule has 4 nitrogen and oxygen atoms in total. The molecule has 3 heterocycles. The van der Waals surface area contributed by atoms with Crippen molar-refractivity contribution in [3.05, 3.63) is 75.1 Å². The van der Waals surface area contributed by atoms with Crippen LogP contribution < -0.4 is 4.74 Å². The maximum absolute atomic E-state index is 11.9. The van der Waals surface area contributed by atoms with Gasteiger partial charge in [0, 0.05) is 33.2 Å². The van der Waals surface area contributed by atoms with Gasteiger partial charge in [-0.05, 0) is 54.2 Å². The fraction of sp³-hybridized carbons (Fsp3) is 0.292. The standard InChI is InChI=1S/C24H20Cl2N2O2S/c25-16-7-5-15(6-8-16)18-13-19-21(28-29)14-24(9-11-31-12-10-24)30-23(19)27-22(18)17-3-1-2-4-20(17)26/h1-8,13,21H,9-12,14H2. The second-order valence-electron chi connectivity index (χ2n) is 7.99. The van der Waals surface area contributed by atoms with Crippen molar-refractivity contribution in [2.45, 2.75) is 30.9 Å². The van der Waals surface area contributed by atoms with E-state index < -0.39 is 6.04 Å². The molecule has 2 aliphatic heterocycles. The number of benzene rings is 2. The summed E-state index contributed by atoms with van der Waals surface area (Å²) in [5.41, 5.74) is 3.71. The molecule has 1 fully saturated rings. The summed E-state index contributed by atoms with van der Waals surface area (Å²) in [4.78, 5) is 16.8. The fourth-order valence-corrected chi connectivity index (χ4v) is 5.98. The summed E-state index contributed by atoms with van der Waals surface area (Å²) in [6.45, 7) is 0. The molecule has 1 spiro atoms. The minimum absolute atomic E-state index is 0.372. The highest BCUT2D eigenvalue weighted by Gasteiger charge is 2.44. The Labute approximate surface area is 195 Å². The van der Waals surface area contributed by atoms with Crippen LogP contribution in [0.3, 0.4) is 0 Å². The molecule has 0 bridgehead atoms. The summed E-state index contributed by atoms with van der Waals surface area (Å²) in [5, 5.41) is 4.74. The SMILES string of the molecule is O=NC1CC2(CCSCC2)Oc2nc(-c3ccccc3Cl)c(-c3ccc(Cl)cc3)cc21. The molecule has 31 heavy (non-hydrogen) atoms. The largest absolute Gasteiger partial charge is 0.471 e. The molecule has 0 N–H and O–H groups in total. The predicted molar refractivity (Wildman–Crippen MR) is 128 cm³/mol. The first-order valence-electron chi connectivity index (χ1n) is 10.2. The van der Waals surface area contributed by atoms with Gasteiger partial charge in [0.15, 0.2) is 0 Å². The van der Waals surface area contributed by atoms with Gasteiger partial charge in [-0.3, -0.25) is 0 Å². The topological polar surface area (TPSA) is 51.5 Å². The van der Waals surface area contributed by atoms with Crippen molar-refractivity contribution >= 4 is 35.0 Å². The van der Waals surface area contributed by atoms with Crippen LogP contribution in [-0.2, 0) is 0 Å². The van der Waals surface area contributed by atoms with E-state index in [2.05, 4.69) is 5.18 Å². The highest BCUT2D eigenvalue weighted by Crippen LogP contribution is 2.49. The van der Waals surface area contributed by atoms with Gasteiger partial charge in [0.25, 0.3) is 0 Å². The molecule has 2 aromatic carbocycles. The second kappa shape index (κ2) is 8.45. The van der Waals surface area contributed by atoms with E-state index in [9.17, 15) is 4.91 Å². The van der Waals surface area contributed by atoms with Crippen LogP contribution in [0.15, 0.2) is 59.8 Å². The molecule has 1 unspecified atom stereocenters. The Bertz CT molecular complexity index is 1130. The van der Waals surface area contributed by atoms with Crippen LogP contribution in [0.4, 0.5) is 0 Å². The van der Waals surface area contributed by atoms with Crippen LogP contribution in [0.25, 0.3) is 22.4 Å². The molecule has 0 saturated carbocycles. The van der Waals surface area contributed by atoms with E-state index in [0.29, 0.717) is 22.3 Å². The Kier molecular flexibility index (Phi) is 5.67. The van der Waals surface area contributed by atoms with Crippen molar-refractivity contribution in [1.29, 1.82) is 0 Å². The van der Waals surface area contributed by atoms with Crippen LogP contribution in [0.2, 0.25) is 10.0 Å². The molecule has 5 rings (SSSR count). The van der Waals surface area contributed by atoms with E-state index in [1.807, 2.05) is 66.4 Å². The predicted octanol–water partition coefficient (Wildman–Crippen LogP) is 7.58. The molecule has 0 amide bonds. The number of hydrogen-bond donors (Lipinski definition) is 0. The second-order valence-corrected chi connectivity index (χ2v) is 10.1. The summed E-state index contributed by atoms with van der Waals surface area (Å²) in [6.07, 6.45) is 2.38. The molecule has 1 atom stereocenters. The third kappa shape index (κ3) is 3.95. The van der Waals surface area contributed by atoms with Crippen LogP contribution in [0.1, 0.15) is 30.9 Å². The Morgan fingerprint density at radius 1 is 1.03 bits per heavy atom. The zero-order valence-electron chi connectivity index (χ0n) is 16.7. The molecule has 0 aliphatic carbocycles. The zero-order chi connectivity index (χ0) is 21.4. The van der Waals surface area contributed by atoms with Crippen molar-refractivity contribution in [2.75, 3.05) is 11.5 Å². The summed E-state index contributed by atoms with van der Waals surface area (Å²) >= 11 is 14.6. The number of rotatable bonds is 3. The average Bonchev–Trinajstić information content (AvgIpc) is 2.79. The average molecular weight is 471 g/mol. The molecule has 3 aromatic rings. The highest BCUT2D eigenvalue weighted by atomic mass is 35.5. The van der Waals surface area contributed by atoms with Crippen LogP contribution in [0, 0.1) is 4.91 Å². The van der Waals surface area contributed by atoms with Crippen molar-refractivity contribution < 1.29 is 4.74 Å². The lowest BCUT2D eigenvalue weighted by Gasteiger charge is -2.42. The van der Waals surface area contributed by atoms with Gasteiger partial charge >= 0.3 is 0 Å². The zero-order valence-corrected chi connectivity index (χ0v) is 19.0. The van der Waals surface area contributed by atoms with Gasteiger partial charge in [-0.2, -0.15) is 16.7 Å². The molecule has 1 aromatic heterocycles. The smallest absolute Gasteiger partial charge is 0.220 e. The number of nitroso groups, excluding NO2 is 1. The van der Waals surface area contributed by atoms with Crippen molar-refractivity contribution in [3.8, 4) is 28.3 Å². The minimum atomic E-state index is -0.481. The minimum Gasteiger partial charge on any atom is -0.471 e. The van der Waals surface area contributed by atoms with Crippen LogP contribution >= 0.6 is 35.0 Å². The number of ether oxygens (including phenoxy) is 1. The lowest BCUT2D eigenvalue weighted by atomic mass is 9.83.